The van der Waals surface area contributed by atoms with E-state index in [1.807, 2.05) is 32.1 Å². The molecule has 0 aliphatic rings. The summed E-state index contributed by atoms with van der Waals surface area (Å²) in [4.78, 5) is 2.27. The molecule has 2 heteroatoms. The van der Waals surface area contributed by atoms with E-state index in [0.29, 0.717) is 11.8 Å². The van der Waals surface area contributed by atoms with Crippen molar-refractivity contribution < 1.29 is 5.11 Å². The SMILES string of the molecule is C=C/C(=C\C)N(c1ccc(C)c(O)c1)C(C)CCCCC. The second-order valence-corrected chi connectivity index (χ2v) is 5.60. The molecule has 21 heavy (non-hydrogen) atoms. The fraction of sp³-hybridized carbons (Fsp3) is 0.474. The Morgan fingerprint density at radius 3 is 2.62 bits per heavy atom. The van der Waals surface area contributed by atoms with Crippen molar-refractivity contribution in [2.45, 2.75) is 59.4 Å². The summed E-state index contributed by atoms with van der Waals surface area (Å²) in [6.07, 6.45) is 8.80. The van der Waals surface area contributed by atoms with Gasteiger partial charge in [-0.3, -0.25) is 0 Å². The Hall–Kier alpha value is -1.70. The van der Waals surface area contributed by atoms with Gasteiger partial charge in [-0.1, -0.05) is 44.9 Å². The number of phenolic OH excluding ortho intramolecular Hbond substituents is 1. The molecule has 0 amide bonds. The summed E-state index contributed by atoms with van der Waals surface area (Å²) in [5, 5.41) is 10.0. The van der Waals surface area contributed by atoms with E-state index in [9.17, 15) is 5.11 Å². The molecule has 0 radical (unpaired) electrons. The minimum atomic E-state index is 0.345. The van der Waals surface area contributed by atoms with E-state index in [1.54, 1.807) is 0 Å². The van der Waals surface area contributed by atoms with Gasteiger partial charge in [0.15, 0.2) is 0 Å². The fourth-order valence-corrected chi connectivity index (χ4v) is 2.58. The van der Waals surface area contributed by atoms with Crippen LogP contribution in [-0.4, -0.2) is 11.1 Å². The maximum atomic E-state index is 10.0. The molecule has 1 atom stereocenters. The highest BCUT2D eigenvalue weighted by molar-refractivity contribution is 5.59. The van der Waals surface area contributed by atoms with Crippen molar-refractivity contribution in [1.29, 1.82) is 0 Å². The Morgan fingerprint density at radius 1 is 1.38 bits per heavy atom. The monoisotopic (exact) mass is 287 g/mol. The van der Waals surface area contributed by atoms with Gasteiger partial charge in [0.2, 0.25) is 0 Å². The number of hydrogen-bond donors (Lipinski definition) is 1. The van der Waals surface area contributed by atoms with Crippen LogP contribution in [0.4, 0.5) is 5.69 Å². The molecule has 116 valence electrons. The van der Waals surface area contributed by atoms with E-state index in [4.69, 9.17) is 0 Å². The average molecular weight is 287 g/mol. The van der Waals surface area contributed by atoms with Gasteiger partial charge < -0.3 is 10.0 Å². The van der Waals surface area contributed by atoms with Crippen LogP contribution in [0.15, 0.2) is 42.6 Å². The standard InChI is InChI=1S/C19H29NO/c1-6-9-10-11-16(5)20(17(7-2)8-3)18-13-12-15(4)19(21)14-18/h7-8,12-14,16,21H,2,6,9-11H2,1,3-5H3/b17-8+. The van der Waals surface area contributed by atoms with Crippen LogP contribution >= 0.6 is 0 Å². The summed E-state index contributed by atoms with van der Waals surface area (Å²) in [6.45, 7) is 12.3. The van der Waals surface area contributed by atoms with Crippen molar-refractivity contribution in [1.82, 2.24) is 0 Å². The molecule has 0 aliphatic carbocycles. The third-order valence-corrected chi connectivity index (χ3v) is 3.92. The second kappa shape index (κ2) is 8.56. The zero-order chi connectivity index (χ0) is 15.8. The van der Waals surface area contributed by atoms with Gasteiger partial charge in [-0.2, -0.15) is 0 Å². The molecule has 0 bridgehead atoms. The number of allylic oxidation sites excluding steroid dienone is 2. The van der Waals surface area contributed by atoms with E-state index in [1.165, 1.54) is 19.3 Å². The summed E-state index contributed by atoms with van der Waals surface area (Å²) in [5.41, 5.74) is 3.01. The summed E-state index contributed by atoms with van der Waals surface area (Å²) >= 11 is 0. The molecule has 1 aromatic rings. The van der Waals surface area contributed by atoms with Crippen molar-refractivity contribution in [3.63, 3.8) is 0 Å². The topological polar surface area (TPSA) is 23.5 Å². The maximum Gasteiger partial charge on any atom is 0.120 e. The number of hydrogen-bond acceptors (Lipinski definition) is 2. The van der Waals surface area contributed by atoms with Crippen molar-refractivity contribution in [3.8, 4) is 5.75 Å². The number of phenols is 1. The minimum absolute atomic E-state index is 0.345. The molecule has 1 N–H and O–H groups in total. The van der Waals surface area contributed by atoms with Crippen LogP contribution in [0.1, 0.15) is 52.0 Å². The Morgan fingerprint density at radius 2 is 2.10 bits per heavy atom. The molecule has 0 spiro atoms. The number of rotatable bonds is 8. The van der Waals surface area contributed by atoms with E-state index < -0.39 is 0 Å². The number of aryl methyl sites for hydroxylation is 1. The quantitative estimate of drug-likeness (QED) is 0.499. The van der Waals surface area contributed by atoms with Gasteiger partial charge >= 0.3 is 0 Å². The summed E-state index contributed by atoms with van der Waals surface area (Å²) < 4.78 is 0. The second-order valence-electron chi connectivity index (χ2n) is 5.60. The lowest BCUT2D eigenvalue weighted by Crippen LogP contribution is -2.31. The van der Waals surface area contributed by atoms with E-state index >= 15 is 0 Å². The highest BCUT2D eigenvalue weighted by Gasteiger charge is 2.17. The van der Waals surface area contributed by atoms with Gasteiger partial charge in [-0.05, 0) is 44.9 Å². The van der Waals surface area contributed by atoms with Crippen molar-refractivity contribution in [2.75, 3.05) is 4.90 Å². The molecule has 0 heterocycles. The first-order valence-electron chi connectivity index (χ1n) is 7.92. The molecule has 0 aromatic heterocycles. The summed E-state index contributed by atoms with van der Waals surface area (Å²) in [6, 6.07) is 6.26. The lowest BCUT2D eigenvalue weighted by Gasteiger charge is -2.32. The smallest absolute Gasteiger partial charge is 0.120 e. The van der Waals surface area contributed by atoms with Crippen molar-refractivity contribution in [3.05, 3.63) is 48.2 Å². The first-order chi connectivity index (χ1) is 10.0. The molecule has 0 aliphatic heterocycles. The third kappa shape index (κ3) is 4.66. The van der Waals surface area contributed by atoms with Gasteiger partial charge in [0.25, 0.3) is 0 Å². The first kappa shape index (κ1) is 17.4. The molecule has 0 saturated heterocycles. The number of nitrogens with zero attached hydrogens (tertiary/aromatic N) is 1. The predicted molar refractivity (Wildman–Crippen MR) is 92.9 cm³/mol. The molecule has 1 aromatic carbocycles. The van der Waals surface area contributed by atoms with E-state index in [-0.39, 0.29) is 0 Å². The van der Waals surface area contributed by atoms with Crippen LogP contribution in [-0.2, 0) is 0 Å². The Balaban J connectivity index is 3.06. The largest absolute Gasteiger partial charge is 0.508 e. The highest BCUT2D eigenvalue weighted by atomic mass is 16.3. The van der Waals surface area contributed by atoms with Gasteiger partial charge in [-0.25, -0.2) is 0 Å². The molecule has 1 rings (SSSR count). The fourth-order valence-electron chi connectivity index (χ4n) is 2.58. The van der Waals surface area contributed by atoms with Crippen LogP contribution in [0.25, 0.3) is 0 Å². The predicted octanol–water partition coefficient (Wildman–Crippen LogP) is 5.57. The lowest BCUT2D eigenvalue weighted by atomic mass is 10.1. The average Bonchev–Trinajstić information content (AvgIpc) is 2.47. The van der Waals surface area contributed by atoms with Gasteiger partial charge in [0.05, 0.1) is 0 Å². The van der Waals surface area contributed by atoms with Crippen LogP contribution in [0.2, 0.25) is 0 Å². The number of aromatic hydroxyl groups is 1. The van der Waals surface area contributed by atoms with Crippen LogP contribution < -0.4 is 4.90 Å². The number of anilines is 1. The number of unbranched alkanes of at least 4 members (excludes halogenated alkanes) is 2. The zero-order valence-electron chi connectivity index (χ0n) is 13.9. The van der Waals surface area contributed by atoms with Crippen LogP contribution in [0.5, 0.6) is 5.75 Å². The minimum Gasteiger partial charge on any atom is -0.508 e. The molecule has 1 unspecified atom stereocenters. The van der Waals surface area contributed by atoms with Gasteiger partial charge in [0.1, 0.15) is 5.75 Å². The molecular weight excluding hydrogens is 258 g/mol. The van der Waals surface area contributed by atoms with Crippen molar-refractivity contribution >= 4 is 5.69 Å². The Labute approximate surface area is 129 Å². The molecule has 0 saturated carbocycles. The highest BCUT2D eigenvalue weighted by Crippen LogP contribution is 2.30. The Kier molecular flexibility index (Phi) is 7.07. The zero-order valence-corrected chi connectivity index (χ0v) is 13.9. The van der Waals surface area contributed by atoms with E-state index in [2.05, 4.69) is 37.5 Å². The Bertz CT molecular complexity index is 490. The van der Waals surface area contributed by atoms with Crippen LogP contribution in [0, 0.1) is 6.92 Å². The lowest BCUT2D eigenvalue weighted by molar-refractivity contribution is 0.470. The summed E-state index contributed by atoms with van der Waals surface area (Å²) in [7, 11) is 0. The van der Waals surface area contributed by atoms with Gasteiger partial charge in [0, 0.05) is 23.5 Å². The van der Waals surface area contributed by atoms with E-state index in [0.717, 1.165) is 23.4 Å². The number of benzene rings is 1. The normalized spacial score (nSPS) is 13.0. The molecular formula is C19H29NO. The maximum absolute atomic E-state index is 10.0. The molecule has 2 nitrogen and oxygen atoms in total. The molecule has 0 fully saturated rings. The summed E-state index contributed by atoms with van der Waals surface area (Å²) in [5.74, 6) is 0.345. The van der Waals surface area contributed by atoms with Crippen LogP contribution in [0.3, 0.4) is 0 Å². The third-order valence-electron chi connectivity index (χ3n) is 3.92. The first-order valence-corrected chi connectivity index (χ1v) is 7.92. The van der Waals surface area contributed by atoms with Gasteiger partial charge in [-0.15, -0.1) is 0 Å². The van der Waals surface area contributed by atoms with Crippen molar-refractivity contribution in [2.24, 2.45) is 0 Å².